The van der Waals surface area contributed by atoms with E-state index in [1.165, 1.54) is 12.1 Å². The molecule has 2 fully saturated rings. The summed E-state index contributed by atoms with van der Waals surface area (Å²) in [4.78, 5) is 22.8. The van der Waals surface area contributed by atoms with Gasteiger partial charge in [0, 0.05) is 36.6 Å². The molecule has 0 spiro atoms. The number of alkyl halides is 3. The van der Waals surface area contributed by atoms with Crippen molar-refractivity contribution in [2.24, 2.45) is 5.41 Å². The number of nitrogens with zero attached hydrogens (tertiary/aromatic N) is 3. The number of halogens is 4. The summed E-state index contributed by atoms with van der Waals surface area (Å²) in [7, 11) is 0. The number of carbonyl (C=O) groups is 1. The van der Waals surface area contributed by atoms with Crippen molar-refractivity contribution >= 4 is 17.3 Å². The zero-order valence-electron chi connectivity index (χ0n) is 21.9. The van der Waals surface area contributed by atoms with Crippen LogP contribution >= 0.6 is 0 Å². The van der Waals surface area contributed by atoms with Gasteiger partial charge in [-0.1, -0.05) is 5.92 Å². The Hall–Kier alpha value is -4.01. The number of rotatable bonds is 4. The van der Waals surface area contributed by atoms with Crippen LogP contribution in [0.25, 0.3) is 11.1 Å². The minimum atomic E-state index is -4.72. The van der Waals surface area contributed by atoms with E-state index in [1.807, 2.05) is 13.0 Å². The van der Waals surface area contributed by atoms with Gasteiger partial charge in [-0.3, -0.25) is 9.78 Å². The molecule has 40 heavy (non-hydrogen) atoms. The quantitative estimate of drug-likeness (QED) is 0.358. The Kier molecular flexibility index (Phi) is 7.49. The van der Waals surface area contributed by atoms with Crippen LogP contribution in [-0.4, -0.2) is 55.4 Å². The van der Waals surface area contributed by atoms with Crippen LogP contribution in [0.3, 0.4) is 0 Å². The lowest BCUT2D eigenvalue weighted by atomic mass is 9.89. The fourth-order valence-corrected chi connectivity index (χ4v) is 4.43. The third-order valence-corrected chi connectivity index (χ3v) is 6.73. The molecule has 0 radical (unpaired) electrons. The first kappa shape index (κ1) is 27.6. The fourth-order valence-electron chi connectivity index (χ4n) is 4.43. The third kappa shape index (κ3) is 5.93. The molecule has 2 aromatic heterocycles. The maximum atomic E-state index is 14.9. The highest BCUT2D eigenvalue weighted by molar-refractivity contribution is 6.04. The molecule has 0 bridgehead atoms. The van der Waals surface area contributed by atoms with Gasteiger partial charge >= 0.3 is 6.18 Å². The Labute approximate surface area is 228 Å². The molecule has 0 atom stereocenters. The Bertz CT molecular complexity index is 1500. The van der Waals surface area contributed by atoms with Crippen molar-refractivity contribution in [1.29, 1.82) is 0 Å². The minimum absolute atomic E-state index is 0.175. The van der Waals surface area contributed by atoms with E-state index in [2.05, 4.69) is 32.0 Å². The standard InChI is InChI=1S/C29H26F4N4O3/c1-18-11-22(30)24(36-27(38)19-4-6-34-26(13-19)29(31,32)33)14-21(18)20-12-25(37-7-9-39-10-8-37)23(35-15-20)3-5-28(2)16-40-17-28/h4,6,11-15H,7-10,16-17H2,1-2H3,(H,36,38). The summed E-state index contributed by atoms with van der Waals surface area (Å²) in [6.07, 6.45) is -2.20. The third-order valence-electron chi connectivity index (χ3n) is 6.73. The van der Waals surface area contributed by atoms with Crippen molar-refractivity contribution in [3.8, 4) is 23.0 Å². The summed E-state index contributed by atoms with van der Waals surface area (Å²) in [6.45, 7) is 7.28. The molecular formula is C29H26F4N4O3. The molecule has 0 aliphatic carbocycles. The molecule has 0 unspecified atom stereocenters. The van der Waals surface area contributed by atoms with E-state index in [0.717, 1.165) is 18.0 Å². The van der Waals surface area contributed by atoms with Crippen LogP contribution < -0.4 is 10.2 Å². The number of pyridine rings is 2. The largest absolute Gasteiger partial charge is 0.433 e. The predicted molar refractivity (Wildman–Crippen MR) is 140 cm³/mol. The topological polar surface area (TPSA) is 76.6 Å². The van der Waals surface area contributed by atoms with E-state index in [0.29, 0.717) is 68.0 Å². The monoisotopic (exact) mass is 554 g/mol. The summed E-state index contributed by atoms with van der Waals surface area (Å²) < 4.78 is 64.8. The number of ether oxygens (including phenoxy) is 2. The van der Waals surface area contributed by atoms with Gasteiger partial charge in [0.2, 0.25) is 0 Å². The van der Waals surface area contributed by atoms with Gasteiger partial charge in [-0.25, -0.2) is 9.37 Å². The summed E-state index contributed by atoms with van der Waals surface area (Å²) >= 11 is 0. The second-order valence-corrected chi connectivity index (χ2v) is 10.0. The number of hydrogen-bond acceptors (Lipinski definition) is 6. The zero-order valence-corrected chi connectivity index (χ0v) is 21.9. The normalized spacial score (nSPS) is 16.5. The Balaban J connectivity index is 1.48. The smallest absolute Gasteiger partial charge is 0.378 e. The first-order valence-electron chi connectivity index (χ1n) is 12.6. The van der Waals surface area contributed by atoms with Gasteiger partial charge in [-0.2, -0.15) is 13.2 Å². The molecule has 3 aromatic rings. The maximum absolute atomic E-state index is 14.9. The number of aromatic nitrogens is 2. The van der Waals surface area contributed by atoms with Gasteiger partial charge in [-0.15, -0.1) is 0 Å². The molecule has 1 N–H and O–H groups in total. The second-order valence-electron chi connectivity index (χ2n) is 10.0. The van der Waals surface area contributed by atoms with Crippen LogP contribution in [0.2, 0.25) is 0 Å². The Morgan fingerprint density at radius 3 is 2.52 bits per heavy atom. The summed E-state index contributed by atoms with van der Waals surface area (Å²) in [6, 6.07) is 6.39. The predicted octanol–water partition coefficient (Wildman–Crippen LogP) is 5.09. The number of amides is 1. The summed E-state index contributed by atoms with van der Waals surface area (Å²) in [5, 5.41) is 2.39. The van der Waals surface area contributed by atoms with E-state index in [9.17, 15) is 22.4 Å². The van der Waals surface area contributed by atoms with E-state index in [4.69, 9.17) is 9.47 Å². The summed E-state index contributed by atoms with van der Waals surface area (Å²) in [5.74, 6) is 4.84. The van der Waals surface area contributed by atoms with E-state index in [-0.39, 0.29) is 16.7 Å². The molecule has 7 nitrogen and oxygen atoms in total. The fraction of sp³-hybridized carbons (Fsp3) is 0.345. The molecule has 2 aliphatic rings. The van der Waals surface area contributed by atoms with Crippen LogP contribution in [0.5, 0.6) is 0 Å². The highest BCUT2D eigenvalue weighted by Gasteiger charge is 2.33. The van der Waals surface area contributed by atoms with Crippen LogP contribution in [0.4, 0.5) is 28.9 Å². The van der Waals surface area contributed by atoms with E-state index >= 15 is 0 Å². The van der Waals surface area contributed by atoms with Crippen LogP contribution in [0.1, 0.15) is 34.2 Å². The average molecular weight is 555 g/mol. The lowest BCUT2D eigenvalue weighted by Gasteiger charge is -2.33. The Morgan fingerprint density at radius 1 is 1.10 bits per heavy atom. The second kappa shape index (κ2) is 10.9. The molecule has 0 saturated carbocycles. The lowest BCUT2D eigenvalue weighted by Crippen LogP contribution is -2.38. The highest BCUT2D eigenvalue weighted by atomic mass is 19.4. The van der Waals surface area contributed by atoms with Gasteiger partial charge in [-0.05, 0) is 61.2 Å². The van der Waals surface area contributed by atoms with E-state index in [1.54, 1.807) is 13.1 Å². The first-order chi connectivity index (χ1) is 19.0. The van der Waals surface area contributed by atoms with Crippen molar-refractivity contribution in [3.63, 3.8) is 0 Å². The molecule has 2 aliphatic heterocycles. The SMILES string of the molecule is Cc1cc(F)c(NC(=O)c2ccnc(C(F)(F)F)c2)cc1-c1cnc(C#CC2(C)COC2)c(N2CCOCC2)c1. The molecule has 5 rings (SSSR count). The number of hydrogen-bond donors (Lipinski definition) is 1. The molecule has 208 valence electrons. The van der Waals surface area contributed by atoms with E-state index < -0.39 is 23.6 Å². The molecule has 1 aromatic carbocycles. The van der Waals surface area contributed by atoms with Gasteiger partial charge in [0.1, 0.15) is 17.2 Å². The number of nitrogens with one attached hydrogen (secondary N) is 1. The highest BCUT2D eigenvalue weighted by Crippen LogP contribution is 2.33. The van der Waals surface area contributed by atoms with Gasteiger partial charge < -0.3 is 19.7 Å². The summed E-state index contributed by atoms with van der Waals surface area (Å²) in [5.41, 5.74) is 1.36. The van der Waals surface area contributed by atoms with Gasteiger partial charge in [0.15, 0.2) is 0 Å². The van der Waals surface area contributed by atoms with Crippen molar-refractivity contribution in [2.45, 2.75) is 20.0 Å². The lowest BCUT2D eigenvalue weighted by molar-refractivity contribution is -0.141. The maximum Gasteiger partial charge on any atom is 0.433 e. The first-order valence-corrected chi connectivity index (χ1v) is 12.6. The van der Waals surface area contributed by atoms with Gasteiger partial charge in [0.25, 0.3) is 5.91 Å². The molecular weight excluding hydrogens is 528 g/mol. The number of aryl methyl sites for hydroxylation is 1. The van der Waals surface area contributed by atoms with Crippen LogP contribution in [-0.2, 0) is 15.7 Å². The van der Waals surface area contributed by atoms with Gasteiger partial charge in [0.05, 0.1) is 43.2 Å². The number of morpholine rings is 1. The number of carbonyl (C=O) groups excluding carboxylic acids is 1. The number of benzene rings is 1. The van der Waals surface area contributed by atoms with Crippen LogP contribution in [0.15, 0.2) is 42.7 Å². The van der Waals surface area contributed by atoms with Crippen molar-refractivity contribution in [3.05, 3.63) is 71.1 Å². The van der Waals surface area contributed by atoms with Crippen LogP contribution in [0, 0.1) is 30.0 Å². The average Bonchev–Trinajstić information content (AvgIpc) is 2.92. The van der Waals surface area contributed by atoms with Crippen molar-refractivity contribution in [2.75, 3.05) is 49.7 Å². The minimum Gasteiger partial charge on any atom is -0.378 e. The molecule has 2 saturated heterocycles. The molecule has 4 heterocycles. The van der Waals surface area contributed by atoms with Crippen molar-refractivity contribution < 1.29 is 31.8 Å². The number of anilines is 2. The molecule has 1 amide bonds. The molecule has 11 heteroatoms. The Morgan fingerprint density at radius 2 is 1.85 bits per heavy atom. The van der Waals surface area contributed by atoms with Crippen molar-refractivity contribution in [1.82, 2.24) is 9.97 Å². The zero-order chi connectivity index (χ0) is 28.5.